The SMILES string of the molecule is CCNC1CC(C)CC(C)C1N(CC)CC. The molecule has 0 aliphatic heterocycles. The van der Waals surface area contributed by atoms with Gasteiger partial charge in [0.2, 0.25) is 0 Å². The summed E-state index contributed by atoms with van der Waals surface area (Å²) in [5.74, 6) is 1.71. The van der Waals surface area contributed by atoms with Crippen LogP contribution in [-0.2, 0) is 0 Å². The van der Waals surface area contributed by atoms with E-state index in [2.05, 4.69) is 44.8 Å². The summed E-state index contributed by atoms with van der Waals surface area (Å²) < 4.78 is 0. The molecular formula is C14H30N2. The number of nitrogens with zero attached hydrogens (tertiary/aromatic N) is 1. The Bertz CT molecular complexity index is 189. The highest BCUT2D eigenvalue weighted by Gasteiger charge is 2.35. The van der Waals surface area contributed by atoms with Gasteiger partial charge in [-0.1, -0.05) is 34.6 Å². The summed E-state index contributed by atoms with van der Waals surface area (Å²) in [7, 11) is 0. The molecule has 1 N–H and O–H groups in total. The fourth-order valence-corrected chi connectivity index (χ4v) is 3.57. The molecule has 1 saturated carbocycles. The van der Waals surface area contributed by atoms with Gasteiger partial charge in [-0.05, 0) is 44.3 Å². The fourth-order valence-electron chi connectivity index (χ4n) is 3.57. The van der Waals surface area contributed by atoms with Gasteiger partial charge in [-0.25, -0.2) is 0 Å². The molecule has 0 heterocycles. The van der Waals surface area contributed by atoms with Crippen molar-refractivity contribution in [1.29, 1.82) is 0 Å². The topological polar surface area (TPSA) is 15.3 Å². The Kier molecular flexibility index (Phi) is 5.77. The van der Waals surface area contributed by atoms with Gasteiger partial charge in [0.1, 0.15) is 0 Å². The third-order valence-electron chi connectivity index (χ3n) is 4.13. The van der Waals surface area contributed by atoms with E-state index in [1.54, 1.807) is 0 Å². The van der Waals surface area contributed by atoms with Crippen molar-refractivity contribution in [2.75, 3.05) is 19.6 Å². The van der Waals surface area contributed by atoms with Crippen LogP contribution in [0.1, 0.15) is 47.5 Å². The average molecular weight is 226 g/mol. The molecule has 4 atom stereocenters. The Hall–Kier alpha value is -0.0800. The molecule has 0 radical (unpaired) electrons. The molecule has 4 unspecified atom stereocenters. The summed E-state index contributed by atoms with van der Waals surface area (Å²) in [5.41, 5.74) is 0. The van der Waals surface area contributed by atoms with Crippen LogP contribution in [0.15, 0.2) is 0 Å². The molecule has 0 aromatic heterocycles. The number of likely N-dealkylation sites (N-methyl/N-ethyl adjacent to an activating group) is 2. The summed E-state index contributed by atoms with van der Waals surface area (Å²) in [6.07, 6.45) is 2.74. The predicted molar refractivity (Wildman–Crippen MR) is 71.7 cm³/mol. The van der Waals surface area contributed by atoms with Gasteiger partial charge in [0.25, 0.3) is 0 Å². The van der Waals surface area contributed by atoms with E-state index in [9.17, 15) is 0 Å². The first-order valence-electron chi connectivity index (χ1n) is 7.11. The van der Waals surface area contributed by atoms with Gasteiger partial charge in [-0.15, -0.1) is 0 Å². The van der Waals surface area contributed by atoms with Crippen molar-refractivity contribution >= 4 is 0 Å². The zero-order chi connectivity index (χ0) is 12.1. The maximum absolute atomic E-state index is 3.70. The summed E-state index contributed by atoms with van der Waals surface area (Å²) in [5, 5.41) is 3.70. The van der Waals surface area contributed by atoms with E-state index in [1.807, 2.05) is 0 Å². The standard InChI is InChI=1S/C14H30N2/c1-6-15-13-10-11(4)9-12(5)14(13)16(7-2)8-3/h11-15H,6-10H2,1-5H3. The van der Waals surface area contributed by atoms with Gasteiger partial charge < -0.3 is 5.32 Å². The third-order valence-corrected chi connectivity index (χ3v) is 4.13. The Morgan fingerprint density at radius 1 is 1.06 bits per heavy atom. The lowest BCUT2D eigenvalue weighted by molar-refractivity contribution is 0.0695. The van der Waals surface area contributed by atoms with Gasteiger partial charge in [0, 0.05) is 12.1 Å². The van der Waals surface area contributed by atoms with Crippen LogP contribution in [0.3, 0.4) is 0 Å². The Balaban J connectivity index is 2.73. The molecule has 0 saturated heterocycles. The normalized spacial score (nSPS) is 35.6. The van der Waals surface area contributed by atoms with Crippen molar-refractivity contribution < 1.29 is 0 Å². The van der Waals surface area contributed by atoms with Crippen LogP contribution in [0.2, 0.25) is 0 Å². The molecule has 0 aromatic rings. The van der Waals surface area contributed by atoms with Crippen molar-refractivity contribution in [3.63, 3.8) is 0 Å². The molecule has 0 amide bonds. The molecule has 16 heavy (non-hydrogen) atoms. The monoisotopic (exact) mass is 226 g/mol. The second-order valence-corrected chi connectivity index (χ2v) is 5.43. The van der Waals surface area contributed by atoms with Crippen molar-refractivity contribution in [3.8, 4) is 0 Å². The molecule has 0 bridgehead atoms. The molecule has 1 rings (SSSR count). The maximum Gasteiger partial charge on any atom is 0.0274 e. The van der Waals surface area contributed by atoms with Gasteiger partial charge >= 0.3 is 0 Å². The average Bonchev–Trinajstić information content (AvgIpc) is 2.23. The van der Waals surface area contributed by atoms with E-state index >= 15 is 0 Å². The van der Waals surface area contributed by atoms with Crippen LogP contribution >= 0.6 is 0 Å². The Morgan fingerprint density at radius 3 is 2.19 bits per heavy atom. The lowest BCUT2D eigenvalue weighted by atomic mass is 9.75. The molecule has 0 spiro atoms. The first kappa shape index (κ1) is 14.0. The van der Waals surface area contributed by atoms with Gasteiger partial charge in [0.05, 0.1) is 0 Å². The third kappa shape index (κ3) is 3.21. The highest BCUT2D eigenvalue weighted by molar-refractivity contribution is 4.93. The van der Waals surface area contributed by atoms with Crippen molar-refractivity contribution in [1.82, 2.24) is 10.2 Å². The molecule has 1 fully saturated rings. The highest BCUT2D eigenvalue weighted by Crippen LogP contribution is 2.32. The van der Waals surface area contributed by atoms with Gasteiger partial charge in [-0.2, -0.15) is 0 Å². The van der Waals surface area contributed by atoms with Crippen LogP contribution in [0.25, 0.3) is 0 Å². The molecule has 2 heteroatoms. The minimum absolute atomic E-state index is 0.698. The number of rotatable bonds is 5. The lowest BCUT2D eigenvalue weighted by Gasteiger charge is -2.45. The smallest absolute Gasteiger partial charge is 0.0274 e. The largest absolute Gasteiger partial charge is 0.313 e. The molecular weight excluding hydrogens is 196 g/mol. The first-order valence-corrected chi connectivity index (χ1v) is 7.11. The molecule has 96 valence electrons. The lowest BCUT2D eigenvalue weighted by Crippen LogP contribution is -2.56. The van der Waals surface area contributed by atoms with Crippen LogP contribution in [0.5, 0.6) is 0 Å². The number of hydrogen-bond acceptors (Lipinski definition) is 2. The Labute approximate surface area is 102 Å². The van der Waals surface area contributed by atoms with Gasteiger partial charge in [-0.3, -0.25) is 4.90 Å². The summed E-state index contributed by atoms with van der Waals surface area (Å²) >= 11 is 0. The van der Waals surface area contributed by atoms with E-state index in [4.69, 9.17) is 0 Å². The van der Waals surface area contributed by atoms with Crippen molar-refractivity contribution in [2.45, 2.75) is 59.5 Å². The van der Waals surface area contributed by atoms with Crippen LogP contribution in [0, 0.1) is 11.8 Å². The summed E-state index contributed by atoms with van der Waals surface area (Å²) in [4.78, 5) is 2.64. The molecule has 0 aromatic carbocycles. The minimum Gasteiger partial charge on any atom is -0.313 e. The van der Waals surface area contributed by atoms with E-state index in [1.165, 1.54) is 25.9 Å². The molecule has 1 aliphatic carbocycles. The summed E-state index contributed by atoms with van der Waals surface area (Å²) in [6, 6.07) is 1.44. The first-order chi connectivity index (χ1) is 7.63. The van der Waals surface area contributed by atoms with Crippen LogP contribution in [0.4, 0.5) is 0 Å². The second-order valence-electron chi connectivity index (χ2n) is 5.43. The quantitative estimate of drug-likeness (QED) is 0.775. The molecule has 1 aliphatic rings. The van der Waals surface area contributed by atoms with Crippen molar-refractivity contribution in [3.05, 3.63) is 0 Å². The highest BCUT2D eigenvalue weighted by atomic mass is 15.2. The summed E-state index contributed by atoms with van der Waals surface area (Å²) in [6.45, 7) is 15.1. The van der Waals surface area contributed by atoms with E-state index in [0.717, 1.165) is 24.4 Å². The zero-order valence-corrected chi connectivity index (χ0v) is 11.8. The number of nitrogens with one attached hydrogen (secondary N) is 1. The Morgan fingerprint density at radius 2 is 1.69 bits per heavy atom. The van der Waals surface area contributed by atoms with E-state index < -0.39 is 0 Å². The zero-order valence-electron chi connectivity index (χ0n) is 11.8. The van der Waals surface area contributed by atoms with Crippen molar-refractivity contribution in [2.24, 2.45) is 11.8 Å². The van der Waals surface area contributed by atoms with E-state index in [0.29, 0.717) is 6.04 Å². The molecule has 2 nitrogen and oxygen atoms in total. The maximum atomic E-state index is 3.70. The van der Waals surface area contributed by atoms with Crippen LogP contribution < -0.4 is 5.32 Å². The second kappa shape index (κ2) is 6.61. The predicted octanol–water partition coefficient (Wildman–Crippen LogP) is 2.74. The number of hydrogen-bond donors (Lipinski definition) is 1. The van der Waals surface area contributed by atoms with Gasteiger partial charge in [0.15, 0.2) is 0 Å². The van der Waals surface area contributed by atoms with Crippen LogP contribution in [-0.4, -0.2) is 36.6 Å². The van der Waals surface area contributed by atoms with E-state index in [-0.39, 0.29) is 0 Å². The minimum atomic E-state index is 0.698. The fraction of sp³-hybridized carbons (Fsp3) is 1.00.